The highest BCUT2D eigenvalue weighted by atomic mass is 79.9. The molecule has 1 fully saturated rings. The minimum atomic E-state index is 0.0171. The predicted octanol–water partition coefficient (Wildman–Crippen LogP) is 4.43. The van der Waals surface area contributed by atoms with E-state index in [1.165, 1.54) is 12.8 Å². The number of halogens is 1. The molecule has 2 aromatic rings. The molecule has 0 saturated carbocycles. The Bertz CT molecular complexity index is 905. The van der Waals surface area contributed by atoms with Crippen molar-refractivity contribution in [1.29, 1.82) is 0 Å². The van der Waals surface area contributed by atoms with Gasteiger partial charge in [-0.05, 0) is 49.1 Å². The van der Waals surface area contributed by atoms with Gasteiger partial charge in [0.05, 0.1) is 0 Å². The second-order valence-corrected chi connectivity index (χ2v) is 8.88. The van der Waals surface area contributed by atoms with Crippen LogP contribution in [0, 0.1) is 0 Å². The number of hydrogen-bond donors (Lipinski definition) is 0. The average Bonchev–Trinajstić information content (AvgIpc) is 3.05. The van der Waals surface area contributed by atoms with Crippen LogP contribution in [0.5, 0.6) is 5.75 Å². The zero-order chi connectivity index (χ0) is 20.9. The molecule has 4 rings (SSSR count). The lowest BCUT2D eigenvalue weighted by Crippen LogP contribution is -2.38. The van der Waals surface area contributed by atoms with Crippen LogP contribution in [0.15, 0.2) is 46.9 Å². The van der Waals surface area contributed by atoms with E-state index in [2.05, 4.69) is 15.9 Å². The molecule has 0 spiro atoms. The molecular weight excluding hydrogens is 444 g/mol. The molecule has 0 N–H and O–H groups in total. The number of nitrogens with zero attached hydrogens (tertiary/aromatic N) is 2. The van der Waals surface area contributed by atoms with Crippen LogP contribution >= 0.6 is 15.9 Å². The molecule has 30 heavy (non-hydrogen) atoms. The lowest BCUT2D eigenvalue weighted by atomic mass is 9.97. The van der Waals surface area contributed by atoms with Crippen molar-refractivity contribution in [1.82, 2.24) is 9.80 Å². The summed E-state index contributed by atoms with van der Waals surface area (Å²) < 4.78 is 6.93. The van der Waals surface area contributed by atoms with Gasteiger partial charge >= 0.3 is 0 Å². The first-order valence-corrected chi connectivity index (χ1v) is 11.5. The third kappa shape index (κ3) is 4.86. The number of hydrogen-bond acceptors (Lipinski definition) is 3. The van der Waals surface area contributed by atoms with Gasteiger partial charge in [-0.25, -0.2) is 0 Å². The van der Waals surface area contributed by atoms with Crippen molar-refractivity contribution in [3.8, 4) is 5.75 Å². The van der Waals surface area contributed by atoms with Crippen LogP contribution in [0.2, 0.25) is 0 Å². The molecule has 2 amide bonds. The summed E-state index contributed by atoms with van der Waals surface area (Å²) in [6.07, 6.45) is 5.24. The van der Waals surface area contributed by atoms with Crippen molar-refractivity contribution in [3.63, 3.8) is 0 Å². The summed E-state index contributed by atoms with van der Waals surface area (Å²) in [6.45, 7) is 2.90. The van der Waals surface area contributed by atoms with Crippen molar-refractivity contribution in [3.05, 3.63) is 63.6 Å². The van der Waals surface area contributed by atoms with Gasteiger partial charge in [0.15, 0.2) is 6.61 Å². The molecule has 1 saturated heterocycles. The highest BCUT2D eigenvalue weighted by Crippen LogP contribution is 2.29. The summed E-state index contributed by atoms with van der Waals surface area (Å²) in [5.74, 6) is 0.712. The summed E-state index contributed by atoms with van der Waals surface area (Å²) in [6, 6.07) is 13.6. The van der Waals surface area contributed by atoms with Gasteiger partial charge in [0.25, 0.3) is 11.8 Å². The highest BCUT2D eigenvalue weighted by Gasteiger charge is 2.27. The number of amides is 2. The predicted molar refractivity (Wildman–Crippen MR) is 120 cm³/mol. The Morgan fingerprint density at radius 3 is 2.43 bits per heavy atom. The maximum Gasteiger partial charge on any atom is 0.260 e. The molecule has 2 aliphatic rings. The quantitative estimate of drug-likeness (QED) is 0.649. The van der Waals surface area contributed by atoms with Gasteiger partial charge in [-0.1, -0.05) is 47.0 Å². The molecule has 0 aromatic heterocycles. The Labute approximate surface area is 186 Å². The van der Waals surface area contributed by atoms with E-state index < -0.39 is 0 Å². The van der Waals surface area contributed by atoms with Crippen LogP contribution in [-0.4, -0.2) is 47.9 Å². The van der Waals surface area contributed by atoms with Crippen LogP contribution in [0.25, 0.3) is 0 Å². The topological polar surface area (TPSA) is 49.9 Å². The van der Waals surface area contributed by atoms with Gasteiger partial charge in [0.1, 0.15) is 5.75 Å². The third-order valence-corrected chi connectivity index (χ3v) is 6.41. The minimum absolute atomic E-state index is 0.0171. The monoisotopic (exact) mass is 470 g/mol. The zero-order valence-electron chi connectivity index (χ0n) is 17.1. The van der Waals surface area contributed by atoms with Crippen LogP contribution in [0.3, 0.4) is 0 Å². The molecular formula is C24H27BrN2O3. The zero-order valence-corrected chi connectivity index (χ0v) is 18.7. The number of fused-ring (bicyclic) bond motifs is 1. The number of rotatable bonds is 5. The van der Waals surface area contributed by atoms with Crippen LogP contribution in [0.4, 0.5) is 0 Å². The molecule has 5 nitrogen and oxygen atoms in total. The molecule has 0 radical (unpaired) electrons. The molecule has 0 atom stereocenters. The van der Waals surface area contributed by atoms with E-state index >= 15 is 0 Å². The van der Waals surface area contributed by atoms with Gasteiger partial charge in [-0.3, -0.25) is 9.59 Å². The smallest absolute Gasteiger partial charge is 0.260 e. The minimum Gasteiger partial charge on any atom is -0.483 e. The first kappa shape index (κ1) is 20.9. The second kappa shape index (κ2) is 9.65. The van der Waals surface area contributed by atoms with Gasteiger partial charge in [0, 0.05) is 41.8 Å². The molecule has 0 bridgehead atoms. The molecule has 2 aliphatic heterocycles. The number of ether oxygens (including phenoxy) is 1. The van der Waals surface area contributed by atoms with Crippen LogP contribution in [-0.2, 0) is 17.8 Å². The van der Waals surface area contributed by atoms with Gasteiger partial charge in [-0.2, -0.15) is 0 Å². The standard InChI is InChI=1S/C24H27BrN2O3/c25-19-10-8-18(9-11-19)16-27-15-12-20-21(24(27)29)6-5-7-22(20)30-17-23(28)26-13-3-1-2-4-14-26/h5-11H,1-4,12-17H2. The largest absolute Gasteiger partial charge is 0.483 e. The van der Waals surface area contributed by atoms with Crippen molar-refractivity contribution in [2.45, 2.75) is 38.6 Å². The van der Waals surface area contributed by atoms with Crippen LogP contribution < -0.4 is 4.74 Å². The molecule has 158 valence electrons. The fraction of sp³-hybridized carbons (Fsp3) is 0.417. The van der Waals surface area contributed by atoms with Crippen LogP contribution in [0.1, 0.15) is 47.2 Å². The number of carbonyl (C=O) groups excluding carboxylic acids is 2. The number of carbonyl (C=O) groups is 2. The average molecular weight is 471 g/mol. The Morgan fingerprint density at radius 1 is 0.967 bits per heavy atom. The summed E-state index contributed by atoms with van der Waals surface area (Å²) in [4.78, 5) is 29.4. The first-order valence-electron chi connectivity index (χ1n) is 10.7. The molecule has 0 aliphatic carbocycles. The Kier molecular flexibility index (Phi) is 6.72. The van der Waals surface area contributed by atoms with E-state index in [1.54, 1.807) is 0 Å². The number of likely N-dealkylation sites (tertiary alicyclic amines) is 1. The Balaban J connectivity index is 1.42. The highest BCUT2D eigenvalue weighted by molar-refractivity contribution is 9.10. The Morgan fingerprint density at radius 2 is 1.70 bits per heavy atom. The van der Waals surface area contributed by atoms with Crippen molar-refractivity contribution in [2.24, 2.45) is 0 Å². The fourth-order valence-corrected chi connectivity index (χ4v) is 4.45. The number of benzene rings is 2. The lowest BCUT2D eigenvalue weighted by molar-refractivity contribution is -0.133. The normalized spacial score (nSPS) is 16.8. The van der Waals surface area contributed by atoms with Crippen molar-refractivity contribution >= 4 is 27.7 Å². The summed E-state index contributed by atoms with van der Waals surface area (Å²) >= 11 is 3.44. The first-order chi connectivity index (χ1) is 14.6. The summed E-state index contributed by atoms with van der Waals surface area (Å²) in [7, 11) is 0. The van der Waals surface area contributed by atoms with Gasteiger partial charge < -0.3 is 14.5 Å². The van der Waals surface area contributed by atoms with E-state index in [0.717, 1.165) is 48.0 Å². The van der Waals surface area contributed by atoms with Crippen molar-refractivity contribution < 1.29 is 14.3 Å². The second-order valence-electron chi connectivity index (χ2n) is 7.97. The van der Waals surface area contributed by atoms with E-state index in [4.69, 9.17) is 4.74 Å². The van der Waals surface area contributed by atoms with Gasteiger partial charge in [0.2, 0.25) is 0 Å². The maximum atomic E-state index is 13.0. The molecule has 0 unspecified atom stereocenters. The SMILES string of the molecule is O=C(COc1cccc2c1CCN(Cc1ccc(Br)cc1)C2=O)N1CCCCCC1. The van der Waals surface area contributed by atoms with Crippen molar-refractivity contribution in [2.75, 3.05) is 26.2 Å². The van der Waals surface area contributed by atoms with E-state index in [9.17, 15) is 9.59 Å². The maximum absolute atomic E-state index is 13.0. The summed E-state index contributed by atoms with van der Waals surface area (Å²) in [5, 5.41) is 0. The molecule has 2 heterocycles. The Hall–Kier alpha value is -2.34. The van der Waals surface area contributed by atoms with E-state index in [1.807, 2.05) is 52.3 Å². The van der Waals surface area contributed by atoms with E-state index in [0.29, 0.717) is 24.4 Å². The van der Waals surface area contributed by atoms with E-state index in [-0.39, 0.29) is 18.4 Å². The lowest BCUT2D eigenvalue weighted by Gasteiger charge is -2.30. The summed E-state index contributed by atoms with van der Waals surface area (Å²) in [5.41, 5.74) is 2.70. The fourth-order valence-electron chi connectivity index (χ4n) is 4.19. The van der Waals surface area contributed by atoms with Gasteiger partial charge in [-0.15, -0.1) is 0 Å². The molecule has 2 aromatic carbocycles. The molecule has 6 heteroatoms. The third-order valence-electron chi connectivity index (χ3n) is 5.88.